The number of hydrogen-bond donors (Lipinski definition) is 0. The van der Waals surface area contributed by atoms with E-state index < -0.39 is 5.41 Å². The third-order valence-corrected chi connectivity index (χ3v) is 15.5. The van der Waals surface area contributed by atoms with Crippen molar-refractivity contribution in [3.8, 4) is 61.3 Å². The summed E-state index contributed by atoms with van der Waals surface area (Å²) in [6.07, 6.45) is 0. The van der Waals surface area contributed by atoms with Gasteiger partial charge < -0.3 is 9.47 Å². The van der Waals surface area contributed by atoms with E-state index in [2.05, 4.69) is 313 Å². The maximum Gasteiger partial charge on any atom is 0.0714 e. The number of hydrogen-bond acceptors (Lipinski definition) is 1. The minimum absolute atomic E-state index is 0.494. The molecule has 0 saturated carbocycles. The quantitative estimate of drug-likeness (QED) is 0.133. The predicted molar refractivity (Wildman–Crippen MR) is 315 cm³/mol. The van der Waals surface area contributed by atoms with Crippen LogP contribution in [0.25, 0.3) is 83.1 Å². The molecule has 0 saturated heterocycles. The molecular formula is C73H50N2. The van der Waals surface area contributed by atoms with E-state index in [9.17, 15) is 0 Å². The molecule has 0 spiro atoms. The Kier molecular flexibility index (Phi) is 10.8. The average molecular weight is 955 g/mol. The highest BCUT2D eigenvalue weighted by Gasteiger charge is 2.46. The summed E-state index contributed by atoms with van der Waals surface area (Å²) in [5.74, 6) is 0. The van der Waals surface area contributed by atoms with E-state index in [1.54, 1.807) is 0 Å². The van der Waals surface area contributed by atoms with Crippen LogP contribution in [0.2, 0.25) is 0 Å². The van der Waals surface area contributed by atoms with Crippen LogP contribution < -0.4 is 4.90 Å². The largest absolute Gasteiger partial charge is 0.310 e. The van der Waals surface area contributed by atoms with Gasteiger partial charge in [0.2, 0.25) is 0 Å². The number of rotatable bonds is 10. The fourth-order valence-corrected chi connectivity index (χ4v) is 12.1. The lowest BCUT2D eigenvalue weighted by atomic mass is 9.67. The third kappa shape index (κ3) is 7.41. The molecule has 2 nitrogen and oxygen atoms in total. The molecule has 0 unspecified atom stereocenters. The Labute approximate surface area is 438 Å². The molecule has 12 aromatic carbocycles. The molecule has 1 heterocycles. The van der Waals surface area contributed by atoms with E-state index in [0.717, 1.165) is 28.3 Å². The van der Waals surface area contributed by atoms with Gasteiger partial charge in [-0.15, -0.1) is 0 Å². The lowest BCUT2D eigenvalue weighted by Gasteiger charge is -2.35. The van der Waals surface area contributed by atoms with Crippen molar-refractivity contribution in [3.63, 3.8) is 0 Å². The van der Waals surface area contributed by atoms with Gasteiger partial charge in [-0.2, -0.15) is 0 Å². The Morgan fingerprint density at radius 3 is 1.23 bits per heavy atom. The molecular weight excluding hydrogens is 905 g/mol. The first kappa shape index (κ1) is 44.0. The third-order valence-electron chi connectivity index (χ3n) is 15.5. The SMILES string of the molecule is c1ccc(-c2ccc3c(c2)c2cc(-c4ccccc4)ccc2n3-c2ccccc2-c2ccc(-c3ccc(N(c4ccccc4)c4ccc5c(c4)C(c4ccccc4)(c4ccccc4)c4ccccc4-5)cc3)cc2)cc1. The van der Waals surface area contributed by atoms with Gasteiger partial charge >= 0.3 is 0 Å². The summed E-state index contributed by atoms with van der Waals surface area (Å²) in [4.78, 5) is 2.40. The molecule has 14 rings (SSSR count). The second-order valence-corrected chi connectivity index (χ2v) is 19.6. The fourth-order valence-electron chi connectivity index (χ4n) is 12.1. The van der Waals surface area contributed by atoms with E-state index in [4.69, 9.17) is 0 Å². The van der Waals surface area contributed by atoms with Crippen LogP contribution in [0.4, 0.5) is 17.1 Å². The van der Waals surface area contributed by atoms with Crippen LogP contribution in [0.5, 0.6) is 0 Å². The van der Waals surface area contributed by atoms with Gasteiger partial charge in [-0.1, -0.05) is 237 Å². The first-order valence-electron chi connectivity index (χ1n) is 25.9. The van der Waals surface area contributed by atoms with Crippen molar-refractivity contribution in [1.29, 1.82) is 0 Å². The van der Waals surface area contributed by atoms with Crippen LogP contribution >= 0.6 is 0 Å². The van der Waals surface area contributed by atoms with Gasteiger partial charge in [-0.05, 0) is 139 Å². The van der Waals surface area contributed by atoms with Gasteiger partial charge in [0, 0.05) is 33.4 Å². The van der Waals surface area contributed by atoms with Crippen molar-refractivity contribution in [1.82, 2.24) is 4.57 Å². The van der Waals surface area contributed by atoms with Gasteiger partial charge in [-0.3, -0.25) is 0 Å². The van der Waals surface area contributed by atoms with Gasteiger partial charge in [-0.25, -0.2) is 0 Å². The maximum absolute atomic E-state index is 2.46. The van der Waals surface area contributed by atoms with E-state index in [-0.39, 0.29) is 0 Å². The fraction of sp³-hybridized carbons (Fsp3) is 0.0137. The number of aromatic nitrogens is 1. The second-order valence-electron chi connectivity index (χ2n) is 19.6. The molecule has 0 radical (unpaired) electrons. The molecule has 75 heavy (non-hydrogen) atoms. The zero-order chi connectivity index (χ0) is 49.7. The van der Waals surface area contributed by atoms with Gasteiger partial charge in [0.15, 0.2) is 0 Å². The molecule has 1 aliphatic rings. The van der Waals surface area contributed by atoms with Gasteiger partial charge in [0.25, 0.3) is 0 Å². The standard InChI is InChI=1S/C73H50N2/c1-6-20-51(21-7-1)56-40-46-71-66(48-56)67-49-57(52-22-8-2-9-23-52)41-47-72(67)75(71)70-33-19-17-30-63(70)55-36-34-53(35-37-55)54-38-42-61(43-39-54)74(60-28-14-5-15-29-60)62-44-45-65-64-31-16-18-32-68(64)73(69(65)50-62,58-24-10-3-11-25-58)59-26-12-4-13-27-59/h1-50H. The molecule has 0 bridgehead atoms. The highest BCUT2D eigenvalue weighted by atomic mass is 15.1. The Bertz CT molecular complexity index is 4050. The Hall–Kier alpha value is -9.76. The minimum Gasteiger partial charge on any atom is -0.310 e. The molecule has 13 aromatic rings. The monoisotopic (exact) mass is 954 g/mol. The smallest absolute Gasteiger partial charge is 0.0714 e. The lowest BCUT2D eigenvalue weighted by molar-refractivity contribution is 0.768. The summed E-state index contributed by atoms with van der Waals surface area (Å²) in [5.41, 5.74) is 23.5. The lowest BCUT2D eigenvalue weighted by Crippen LogP contribution is -2.28. The number of nitrogens with zero attached hydrogens (tertiary/aromatic N) is 2. The van der Waals surface area contributed by atoms with Crippen molar-refractivity contribution < 1.29 is 0 Å². The summed E-state index contributed by atoms with van der Waals surface area (Å²) in [5, 5.41) is 2.47. The van der Waals surface area contributed by atoms with Crippen molar-refractivity contribution in [2.45, 2.75) is 5.41 Å². The molecule has 0 aliphatic heterocycles. The number of para-hydroxylation sites is 2. The van der Waals surface area contributed by atoms with Crippen molar-refractivity contribution in [2.75, 3.05) is 4.90 Å². The zero-order valence-corrected chi connectivity index (χ0v) is 41.3. The summed E-state index contributed by atoms with van der Waals surface area (Å²) >= 11 is 0. The molecule has 1 aliphatic carbocycles. The van der Waals surface area contributed by atoms with Crippen LogP contribution in [0.1, 0.15) is 22.3 Å². The molecule has 0 atom stereocenters. The predicted octanol–water partition coefficient (Wildman–Crippen LogP) is 19.3. The van der Waals surface area contributed by atoms with E-state index in [1.165, 1.54) is 94.1 Å². The van der Waals surface area contributed by atoms with Gasteiger partial charge in [0.05, 0.1) is 22.1 Å². The van der Waals surface area contributed by atoms with Crippen LogP contribution in [0, 0.1) is 0 Å². The first-order valence-corrected chi connectivity index (χ1v) is 25.9. The summed E-state index contributed by atoms with van der Waals surface area (Å²) in [6.45, 7) is 0. The highest BCUT2D eigenvalue weighted by Crippen LogP contribution is 2.57. The summed E-state index contributed by atoms with van der Waals surface area (Å²) < 4.78 is 2.46. The molecule has 352 valence electrons. The van der Waals surface area contributed by atoms with E-state index in [1.807, 2.05) is 0 Å². The summed E-state index contributed by atoms with van der Waals surface area (Å²) in [7, 11) is 0. The average Bonchev–Trinajstić information content (AvgIpc) is 4.02. The van der Waals surface area contributed by atoms with Crippen molar-refractivity contribution >= 4 is 38.9 Å². The van der Waals surface area contributed by atoms with Crippen molar-refractivity contribution in [3.05, 3.63) is 326 Å². The molecule has 1 aromatic heterocycles. The Balaban J connectivity index is 0.833. The minimum atomic E-state index is -0.494. The van der Waals surface area contributed by atoms with Crippen LogP contribution in [0.15, 0.2) is 303 Å². The first-order chi connectivity index (χ1) is 37.2. The normalized spacial score (nSPS) is 12.4. The van der Waals surface area contributed by atoms with Gasteiger partial charge in [0.1, 0.15) is 0 Å². The molecule has 0 amide bonds. The van der Waals surface area contributed by atoms with Crippen LogP contribution in [0.3, 0.4) is 0 Å². The van der Waals surface area contributed by atoms with E-state index in [0.29, 0.717) is 0 Å². The van der Waals surface area contributed by atoms with E-state index >= 15 is 0 Å². The molecule has 0 N–H and O–H groups in total. The number of benzene rings is 12. The Morgan fingerprint density at radius 1 is 0.253 bits per heavy atom. The maximum atomic E-state index is 2.46. The number of fused-ring (bicyclic) bond motifs is 6. The molecule has 2 heteroatoms. The highest BCUT2D eigenvalue weighted by molar-refractivity contribution is 6.12. The Morgan fingerprint density at radius 2 is 0.653 bits per heavy atom. The van der Waals surface area contributed by atoms with Crippen LogP contribution in [-0.2, 0) is 5.41 Å². The topological polar surface area (TPSA) is 8.17 Å². The van der Waals surface area contributed by atoms with Crippen molar-refractivity contribution in [2.24, 2.45) is 0 Å². The number of anilines is 3. The molecule has 0 fully saturated rings. The summed E-state index contributed by atoms with van der Waals surface area (Å²) in [6, 6.07) is 111. The zero-order valence-electron chi connectivity index (χ0n) is 41.3. The second kappa shape index (κ2) is 18.4. The van der Waals surface area contributed by atoms with Crippen LogP contribution in [-0.4, -0.2) is 4.57 Å².